The van der Waals surface area contributed by atoms with Crippen LogP contribution in [-0.4, -0.2) is 29.7 Å². The summed E-state index contributed by atoms with van der Waals surface area (Å²) in [4.78, 5) is 28.1. The minimum atomic E-state index is -0.576. The molecule has 1 aromatic heterocycles. The Bertz CT molecular complexity index is 739. The molecule has 1 N–H and O–H groups in total. The van der Waals surface area contributed by atoms with E-state index in [1.165, 1.54) is 11.8 Å². The lowest BCUT2D eigenvalue weighted by atomic mass is 10.1. The molecule has 1 atom stereocenters. The van der Waals surface area contributed by atoms with Gasteiger partial charge in [-0.25, -0.2) is 9.78 Å². The van der Waals surface area contributed by atoms with E-state index >= 15 is 0 Å². The third kappa shape index (κ3) is 4.72. The highest BCUT2D eigenvalue weighted by atomic mass is 35.5. The number of nitrogens with one attached hydrogen (secondary N) is 1. The van der Waals surface area contributed by atoms with E-state index in [2.05, 4.69) is 10.3 Å². The van der Waals surface area contributed by atoms with Crippen molar-refractivity contribution in [2.75, 3.05) is 12.9 Å². The zero-order valence-electron chi connectivity index (χ0n) is 13.3. The molecule has 0 bridgehead atoms. The van der Waals surface area contributed by atoms with E-state index < -0.39 is 11.9 Å². The summed E-state index contributed by atoms with van der Waals surface area (Å²) < 4.78 is 5.06. The van der Waals surface area contributed by atoms with Gasteiger partial charge in [-0.1, -0.05) is 29.8 Å². The van der Waals surface area contributed by atoms with Crippen molar-refractivity contribution in [2.24, 2.45) is 0 Å². The Morgan fingerprint density at radius 3 is 2.75 bits per heavy atom. The molecule has 2 rings (SSSR count). The molecule has 1 aromatic carbocycles. The van der Waals surface area contributed by atoms with Gasteiger partial charge in [0.2, 0.25) is 0 Å². The maximum Gasteiger partial charge on any atom is 0.341 e. The van der Waals surface area contributed by atoms with E-state index in [0.717, 1.165) is 5.56 Å². The molecule has 24 heavy (non-hydrogen) atoms. The van der Waals surface area contributed by atoms with Crippen LogP contribution >= 0.6 is 23.4 Å². The highest BCUT2D eigenvalue weighted by Gasteiger charge is 2.16. The van der Waals surface area contributed by atoms with Gasteiger partial charge in [-0.3, -0.25) is 4.79 Å². The molecule has 0 saturated heterocycles. The number of rotatable bonds is 6. The van der Waals surface area contributed by atoms with Crippen LogP contribution in [0.2, 0.25) is 5.02 Å². The number of nitrogens with zero attached hydrogens (tertiary/aromatic N) is 1. The number of pyridine rings is 1. The molecule has 0 unspecified atom stereocenters. The summed E-state index contributed by atoms with van der Waals surface area (Å²) in [7, 11) is 0. The Kier molecular flexibility index (Phi) is 6.63. The van der Waals surface area contributed by atoms with E-state index in [-0.39, 0.29) is 12.6 Å². The highest BCUT2D eigenvalue weighted by Crippen LogP contribution is 2.22. The van der Waals surface area contributed by atoms with Gasteiger partial charge < -0.3 is 10.1 Å². The number of hydrogen-bond donors (Lipinski definition) is 1. The van der Waals surface area contributed by atoms with E-state index in [1.54, 1.807) is 24.4 Å². The van der Waals surface area contributed by atoms with E-state index in [9.17, 15) is 9.59 Å². The lowest BCUT2D eigenvalue weighted by Gasteiger charge is -2.15. The highest BCUT2D eigenvalue weighted by molar-refractivity contribution is 7.98. The predicted octanol–water partition coefficient (Wildman–Crippen LogP) is 3.49. The Morgan fingerprint density at radius 2 is 2.04 bits per heavy atom. The standard InChI is InChI=1S/C17H17ClN2O3S/c1-11(12-6-3-4-8-14(12)18)20-15(21)10-23-17(22)13-7-5-9-19-16(13)24-2/h3-9,11H,10H2,1-2H3,(H,20,21)/t11-/m1/s1. The Labute approximate surface area is 149 Å². The molecule has 0 saturated carbocycles. The van der Waals surface area contributed by atoms with Crippen LogP contribution in [0.1, 0.15) is 28.9 Å². The third-order valence-corrected chi connectivity index (χ3v) is 4.32. The first-order valence-corrected chi connectivity index (χ1v) is 8.83. The first-order chi connectivity index (χ1) is 11.5. The van der Waals surface area contributed by atoms with Gasteiger partial charge >= 0.3 is 5.97 Å². The van der Waals surface area contributed by atoms with Gasteiger partial charge in [0.1, 0.15) is 5.03 Å². The fraction of sp³-hybridized carbons (Fsp3) is 0.235. The van der Waals surface area contributed by atoms with E-state index in [4.69, 9.17) is 16.3 Å². The quantitative estimate of drug-likeness (QED) is 0.627. The predicted molar refractivity (Wildman–Crippen MR) is 94.3 cm³/mol. The summed E-state index contributed by atoms with van der Waals surface area (Å²) in [6.45, 7) is 1.45. The fourth-order valence-corrected chi connectivity index (χ4v) is 2.94. The number of halogens is 1. The molecule has 126 valence electrons. The topological polar surface area (TPSA) is 68.3 Å². The molecular formula is C17H17ClN2O3S. The number of carbonyl (C=O) groups is 2. The minimum absolute atomic E-state index is 0.287. The molecule has 0 aliphatic rings. The maximum absolute atomic E-state index is 12.1. The first-order valence-electron chi connectivity index (χ1n) is 7.23. The third-order valence-electron chi connectivity index (χ3n) is 3.27. The number of esters is 1. The van der Waals surface area contributed by atoms with Gasteiger partial charge in [-0.2, -0.15) is 0 Å². The molecule has 1 heterocycles. The lowest BCUT2D eigenvalue weighted by Crippen LogP contribution is -2.31. The summed E-state index contributed by atoms with van der Waals surface area (Å²) in [6, 6.07) is 10.2. The van der Waals surface area contributed by atoms with Crippen molar-refractivity contribution in [1.29, 1.82) is 0 Å². The SMILES string of the molecule is CSc1ncccc1C(=O)OCC(=O)N[C@H](C)c1ccccc1Cl. The maximum atomic E-state index is 12.1. The number of hydrogen-bond acceptors (Lipinski definition) is 5. The van der Waals surface area contributed by atoms with Gasteiger partial charge in [0.15, 0.2) is 6.61 Å². The van der Waals surface area contributed by atoms with Gasteiger partial charge in [-0.05, 0) is 36.9 Å². The van der Waals surface area contributed by atoms with Crippen LogP contribution in [0, 0.1) is 0 Å². The van der Waals surface area contributed by atoms with Crippen molar-refractivity contribution in [2.45, 2.75) is 18.0 Å². The van der Waals surface area contributed by atoms with E-state index in [0.29, 0.717) is 15.6 Å². The lowest BCUT2D eigenvalue weighted by molar-refractivity contribution is -0.124. The summed E-state index contributed by atoms with van der Waals surface area (Å²) >= 11 is 7.44. The molecule has 2 aromatic rings. The van der Waals surface area contributed by atoms with Crippen molar-refractivity contribution in [3.63, 3.8) is 0 Å². The van der Waals surface area contributed by atoms with Crippen LogP contribution < -0.4 is 5.32 Å². The molecule has 0 fully saturated rings. The smallest absolute Gasteiger partial charge is 0.341 e. The second-order valence-corrected chi connectivity index (χ2v) is 6.15. The van der Waals surface area contributed by atoms with Crippen molar-refractivity contribution in [3.05, 3.63) is 58.7 Å². The Hall–Kier alpha value is -2.05. The average Bonchev–Trinajstić information content (AvgIpc) is 2.59. The van der Waals surface area contributed by atoms with Gasteiger partial charge in [0.25, 0.3) is 5.91 Å². The van der Waals surface area contributed by atoms with Crippen LogP contribution in [0.5, 0.6) is 0 Å². The summed E-state index contributed by atoms with van der Waals surface area (Å²) in [5.74, 6) is -0.974. The second kappa shape index (κ2) is 8.70. The molecule has 7 heteroatoms. The monoisotopic (exact) mass is 364 g/mol. The first kappa shape index (κ1) is 18.3. The normalized spacial score (nSPS) is 11.6. The van der Waals surface area contributed by atoms with Crippen molar-refractivity contribution in [1.82, 2.24) is 10.3 Å². The number of aromatic nitrogens is 1. The number of thioether (sulfide) groups is 1. The molecule has 5 nitrogen and oxygen atoms in total. The molecular weight excluding hydrogens is 348 g/mol. The van der Waals surface area contributed by atoms with Crippen LogP contribution in [0.3, 0.4) is 0 Å². The average molecular weight is 365 g/mol. The minimum Gasteiger partial charge on any atom is -0.452 e. The molecule has 0 spiro atoms. The van der Waals surface area contributed by atoms with Gasteiger partial charge in [-0.15, -0.1) is 11.8 Å². The van der Waals surface area contributed by atoms with E-state index in [1.807, 2.05) is 31.4 Å². The molecule has 0 radical (unpaired) electrons. The van der Waals surface area contributed by atoms with Crippen LogP contribution in [-0.2, 0) is 9.53 Å². The van der Waals surface area contributed by atoms with Crippen molar-refractivity contribution in [3.8, 4) is 0 Å². The Morgan fingerprint density at radius 1 is 1.29 bits per heavy atom. The molecule has 0 aliphatic heterocycles. The molecule has 0 aliphatic carbocycles. The van der Waals surface area contributed by atoms with Crippen molar-refractivity contribution < 1.29 is 14.3 Å². The molecule has 1 amide bonds. The zero-order chi connectivity index (χ0) is 17.5. The number of benzene rings is 1. The van der Waals surface area contributed by atoms with Crippen LogP contribution in [0.15, 0.2) is 47.6 Å². The largest absolute Gasteiger partial charge is 0.452 e. The fourth-order valence-electron chi connectivity index (χ4n) is 2.10. The zero-order valence-corrected chi connectivity index (χ0v) is 14.9. The van der Waals surface area contributed by atoms with Crippen molar-refractivity contribution >= 4 is 35.2 Å². The number of carbonyl (C=O) groups excluding carboxylic acids is 2. The van der Waals surface area contributed by atoms with Gasteiger partial charge in [0, 0.05) is 11.2 Å². The number of ether oxygens (including phenoxy) is 1. The second-order valence-electron chi connectivity index (χ2n) is 4.95. The number of amides is 1. The summed E-state index contributed by atoms with van der Waals surface area (Å²) in [6.07, 6.45) is 3.41. The van der Waals surface area contributed by atoms with Gasteiger partial charge in [0.05, 0.1) is 11.6 Å². The van der Waals surface area contributed by atoms with Crippen LogP contribution in [0.4, 0.5) is 0 Å². The van der Waals surface area contributed by atoms with Crippen LogP contribution in [0.25, 0.3) is 0 Å². The summed E-state index contributed by atoms with van der Waals surface area (Å²) in [5.41, 5.74) is 1.15. The Balaban J connectivity index is 1.91. The summed E-state index contributed by atoms with van der Waals surface area (Å²) in [5, 5.41) is 3.88.